The minimum Gasteiger partial charge on any atom is -0.324 e. The van der Waals surface area contributed by atoms with E-state index in [0.717, 1.165) is 5.56 Å². The normalized spacial score (nSPS) is 12.4. The maximum Gasteiger partial charge on any atom is 0.129 e. The van der Waals surface area contributed by atoms with Crippen molar-refractivity contribution in [1.29, 1.82) is 0 Å². The Kier molecular flexibility index (Phi) is 3.71. The number of rotatable bonds is 3. The van der Waals surface area contributed by atoms with E-state index in [1.165, 1.54) is 6.07 Å². The van der Waals surface area contributed by atoms with E-state index in [9.17, 15) is 4.39 Å². The lowest BCUT2D eigenvalue weighted by Crippen LogP contribution is -2.14. The molecule has 0 aliphatic carbocycles. The molecule has 0 radical (unpaired) electrons. The van der Waals surface area contributed by atoms with E-state index in [2.05, 4.69) is 4.98 Å². The van der Waals surface area contributed by atoms with Crippen molar-refractivity contribution in [3.05, 3.63) is 64.7 Å². The van der Waals surface area contributed by atoms with Gasteiger partial charge in [0.05, 0.1) is 0 Å². The van der Waals surface area contributed by atoms with Crippen molar-refractivity contribution in [3.63, 3.8) is 0 Å². The van der Waals surface area contributed by atoms with Gasteiger partial charge in [-0.15, -0.1) is 0 Å². The molecule has 0 amide bonds. The van der Waals surface area contributed by atoms with Gasteiger partial charge in [0.25, 0.3) is 0 Å². The standard InChI is InChI=1S/C13H12ClFN2/c14-13-6-5-10(8-17-13)12(16)7-9-3-1-2-4-11(9)15/h1-6,8,12H,7,16H2. The zero-order chi connectivity index (χ0) is 12.3. The predicted octanol–water partition coefficient (Wildman–Crippen LogP) is 3.12. The monoisotopic (exact) mass is 250 g/mol. The van der Waals surface area contributed by atoms with Crippen LogP contribution < -0.4 is 5.73 Å². The minimum atomic E-state index is -0.281. The van der Waals surface area contributed by atoms with Gasteiger partial charge in [0.1, 0.15) is 11.0 Å². The topological polar surface area (TPSA) is 38.9 Å². The summed E-state index contributed by atoms with van der Waals surface area (Å²) in [6, 6.07) is 9.83. The van der Waals surface area contributed by atoms with E-state index >= 15 is 0 Å². The number of pyridine rings is 1. The van der Waals surface area contributed by atoms with Crippen LogP contribution in [0.5, 0.6) is 0 Å². The van der Waals surface area contributed by atoms with Crippen LogP contribution in [0.1, 0.15) is 17.2 Å². The third-order valence-corrected chi connectivity index (χ3v) is 2.80. The van der Waals surface area contributed by atoms with Gasteiger partial charge in [0.15, 0.2) is 0 Å². The molecular weight excluding hydrogens is 239 g/mol. The Morgan fingerprint density at radius 3 is 2.65 bits per heavy atom. The molecule has 88 valence electrons. The van der Waals surface area contributed by atoms with E-state index in [0.29, 0.717) is 17.1 Å². The Morgan fingerprint density at radius 1 is 1.24 bits per heavy atom. The van der Waals surface area contributed by atoms with E-state index in [1.54, 1.807) is 36.5 Å². The molecule has 0 saturated heterocycles. The van der Waals surface area contributed by atoms with Crippen LogP contribution in [-0.2, 0) is 6.42 Å². The second-order valence-corrected chi connectivity index (χ2v) is 4.20. The first-order valence-corrected chi connectivity index (χ1v) is 5.65. The van der Waals surface area contributed by atoms with E-state index in [4.69, 9.17) is 17.3 Å². The predicted molar refractivity (Wildman–Crippen MR) is 66.3 cm³/mol. The van der Waals surface area contributed by atoms with Crippen LogP contribution in [0, 0.1) is 5.82 Å². The fourth-order valence-electron chi connectivity index (χ4n) is 1.63. The highest BCUT2D eigenvalue weighted by Crippen LogP contribution is 2.18. The fraction of sp³-hybridized carbons (Fsp3) is 0.154. The van der Waals surface area contributed by atoms with Crippen molar-refractivity contribution < 1.29 is 4.39 Å². The Labute approximate surface area is 104 Å². The lowest BCUT2D eigenvalue weighted by molar-refractivity contribution is 0.593. The Balaban J connectivity index is 2.14. The Bertz CT molecular complexity index is 499. The van der Waals surface area contributed by atoms with Gasteiger partial charge in [0, 0.05) is 12.2 Å². The summed E-state index contributed by atoms with van der Waals surface area (Å²) in [5.41, 5.74) is 7.45. The molecule has 1 aromatic heterocycles. The minimum absolute atomic E-state index is 0.232. The summed E-state index contributed by atoms with van der Waals surface area (Å²) in [4.78, 5) is 3.96. The SMILES string of the molecule is NC(Cc1ccccc1F)c1ccc(Cl)nc1. The van der Waals surface area contributed by atoms with E-state index in [-0.39, 0.29) is 11.9 Å². The highest BCUT2D eigenvalue weighted by Gasteiger charge is 2.10. The van der Waals surface area contributed by atoms with Crippen LogP contribution in [0.3, 0.4) is 0 Å². The number of aromatic nitrogens is 1. The molecule has 2 nitrogen and oxygen atoms in total. The van der Waals surface area contributed by atoms with Crippen molar-refractivity contribution in [3.8, 4) is 0 Å². The van der Waals surface area contributed by atoms with Crippen LogP contribution in [0.2, 0.25) is 5.15 Å². The molecule has 17 heavy (non-hydrogen) atoms. The second kappa shape index (κ2) is 5.25. The molecule has 1 aromatic carbocycles. The first-order chi connectivity index (χ1) is 8.16. The van der Waals surface area contributed by atoms with Crippen LogP contribution in [0.4, 0.5) is 4.39 Å². The third-order valence-electron chi connectivity index (χ3n) is 2.58. The number of halogens is 2. The average Bonchev–Trinajstić information content (AvgIpc) is 2.33. The second-order valence-electron chi connectivity index (χ2n) is 3.82. The fourth-order valence-corrected chi connectivity index (χ4v) is 1.74. The molecule has 0 saturated carbocycles. The molecule has 0 fully saturated rings. The molecule has 2 rings (SSSR count). The smallest absolute Gasteiger partial charge is 0.129 e. The van der Waals surface area contributed by atoms with Gasteiger partial charge in [-0.2, -0.15) is 0 Å². The number of nitrogens with zero attached hydrogens (tertiary/aromatic N) is 1. The molecule has 0 bridgehead atoms. The van der Waals surface area contributed by atoms with Gasteiger partial charge in [-0.25, -0.2) is 9.37 Å². The summed E-state index contributed by atoms with van der Waals surface area (Å²) in [7, 11) is 0. The van der Waals surface area contributed by atoms with Gasteiger partial charge >= 0.3 is 0 Å². The summed E-state index contributed by atoms with van der Waals surface area (Å²) >= 11 is 5.69. The molecule has 0 aliphatic rings. The summed E-state index contributed by atoms with van der Waals surface area (Å²) < 4.78 is 13.4. The number of hydrogen-bond acceptors (Lipinski definition) is 2. The zero-order valence-electron chi connectivity index (χ0n) is 9.11. The maximum atomic E-state index is 13.4. The molecule has 1 heterocycles. The summed E-state index contributed by atoms with van der Waals surface area (Å²) in [5, 5.41) is 0.423. The molecule has 0 spiro atoms. The number of nitrogens with two attached hydrogens (primary N) is 1. The quantitative estimate of drug-likeness (QED) is 0.850. The molecule has 1 atom stereocenters. The van der Waals surface area contributed by atoms with Gasteiger partial charge < -0.3 is 5.73 Å². The first kappa shape index (κ1) is 12.0. The molecule has 4 heteroatoms. The van der Waals surface area contributed by atoms with Crippen molar-refractivity contribution in [2.24, 2.45) is 5.73 Å². The highest BCUT2D eigenvalue weighted by atomic mass is 35.5. The zero-order valence-corrected chi connectivity index (χ0v) is 9.86. The van der Waals surface area contributed by atoms with Crippen LogP contribution in [0.25, 0.3) is 0 Å². The molecule has 2 N–H and O–H groups in total. The summed E-state index contributed by atoms with van der Waals surface area (Å²) in [6.45, 7) is 0. The van der Waals surface area contributed by atoms with Gasteiger partial charge in [-0.05, 0) is 29.7 Å². The van der Waals surface area contributed by atoms with Crippen LogP contribution >= 0.6 is 11.6 Å². The van der Waals surface area contributed by atoms with Crippen molar-refractivity contribution in [2.75, 3.05) is 0 Å². The Hall–Kier alpha value is -1.45. The van der Waals surface area contributed by atoms with Crippen molar-refractivity contribution >= 4 is 11.6 Å². The van der Waals surface area contributed by atoms with Gasteiger partial charge in [-0.3, -0.25) is 0 Å². The highest BCUT2D eigenvalue weighted by molar-refractivity contribution is 6.29. The van der Waals surface area contributed by atoms with Crippen molar-refractivity contribution in [2.45, 2.75) is 12.5 Å². The van der Waals surface area contributed by atoms with Crippen molar-refractivity contribution in [1.82, 2.24) is 4.98 Å². The Morgan fingerprint density at radius 2 is 2.00 bits per heavy atom. The molecular formula is C13H12ClFN2. The van der Waals surface area contributed by atoms with Gasteiger partial charge in [0.2, 0.25) is 0 Å². The summed E-state index contributed by atoms with van der Waals surface area (Å²) in [5.74, 6) is -0.232. The lowest BCUT2D eigenvalue weighted by Gasteiger charge is -2.12. The molecule has 1 unspecified atom stereocenters. The molecule has 2 aromatic rings. The third kappa shape index (κ3) is 3.02. The molecule has 0 aliphatic heterocycles. The van der Waals surface area contributed by atoms with Crippen LogP contribution in [0.15, 0.2) is 42.6 Å². The van der Waals surface area contributed by atoms with Crippen LogP contribution in [-0.4, -0.2) is 4.98 Å². The van der Waals surface area contributed by atoms with E-state index < -0.39 is 0 Å². The maximum absolute atomic E-state index is 13.4. The van der Waals surface area contributed by atoms with E-state index in [1.807, 2.05) is 0 Å². The number of benzene rings is 1. The first-order valence-electron chi connectivity index (χ1n) is 5.27. The largest absolute Gasteiger partial charge is 0.324 e. The summed E-state index contributed by atoms with van der Waals surface area (Å²) in [6.07, 6.45) is 2.06. The van der Waals surface area contributed by atoms with Gasteiger partial charge in [-0.1, -0.05) is 35.9 Å². The average molecular weight is 251 g/mol. The lowest BCUT2D eigenvalue weighted by atomic mass is 10.0. The number of hydrogen-bond donors (Lipinski definition) is 1.